The summed E-state index contributed by atoms with van der Waals surface area (Å²) < 4.78 is 34.3. The molecule has 4 rings (SSSR count). The Bertz CT molecular complexity index is 1070. The molecule has 1 amide bonds. The maximum atomic E-state index is 13.9. The van der Waals surface area contributed by atoms with Crippen molar-refractivity contribution in [3.05, 3.63) is 29.7 Å². The second kappa shape index (κ2) is 6.47. The SMILES string of the molecule is COc1cc(C(C)(F)F)nc(-n2nc(C3CC3)c3cnc(NC(C)=O)cc32)n1. The van der Waals surface area contributed by atoms with Crippen molar-refractivity contribution in [1.82, 2.24) is 24.7 Å². The topological polar surface area (TPSA) is 94.8 Å². The van der Waals surface area contributed by atoms with Crippen molar-refractivity contribution in [2.75, 3.05) is 12.4 Å². The fraction of sp³-hybridized carbons (Fsp3) is 0.389. The number of hydrogen-bond acceptors (Lipinski definition) is 6. The van der Waals surface area contributed by atoms with Gasteiger partial charge in [0.05, 0.1) is 18.3 Å². The van der Waals surface area contributed by atoms with Crippen molar-refractivity contribution in [1.29, 1.82) is 0 Å². The predicted molar refractivity (Wildman–Crippen MR) is 96.9 cm³/mol. The number of methoxy groups -OCH3 is 1. The van der Waals surface area contributed by atoms with E-state index in [2.05, 4.69) is 25.4 Å². The Balaban J connectivity index is 1.93. The molecule has 0 bridgehead atoms. The van der Waals surface area contributed by atoms with E-state index in [0.29, 0.717) is 11.3 Å². The minimum Gasteiger partial charge on any atom is -0.481 e. The minimum absolute atomic E-state index is 0.00860. The maximum absolute atomic E-state index is 13.9. The highest BCUT2D eigenvalue weighted by Crippen LogP contribution is 2.43. The molecule has 0 atom stereocenters. The minimum atomic E-state index is -3.17. The first kappa shape index (κ1) is 18.2. The molecule has 1 aliphatic rings. The van der Waals surface area contributed by atoms with E-state index in [0.717, 1.165) is 36.9 Å². The number of amides is 1. The van der Waals surface area contributed by atoms with E-state index in [1.54, 1.807) is 12.3 Å². The van der Waals surface area contributed by atoms with Gasteiger partial charge in [0, 0.05) is 43.5 Å². The van der Waals surface area contributed by atoms with Gasteiger partial charge in [-0.2, -0.15) is 23.5 Å². The Hall–Kier alpha value is -3.17. The molecule has 8 nitrogen and oxygen atoms in total. The highest BCUT2D eigenvalue weighted by Gasteiger charge is 2.32. The summed E-state index contributed by atoms with van der Waals surface area (Å²) in [6.07, 6.45) is 3.61. The normalized spacial score (nSPS) is 14.3. The van der Waals surface area contributed by atoms with Crippen LogP contribution < -0.4 is 10.1 Å². The zero-order valence-electron chi connectivity index (χ0n) is 15.5. The molecule has 0 aliphatic heterocycles. The molecular weight excluding hydrogens is 370 g/mol. The van der Waals surface area contributed by atoms with Crippen LogP contribution in [-0.2, 0) is 10.7 Å². The van der Waals surface area contributed by atoms with E-state index < -0.39 is 11.6 Å². The number of pyridine rings is 1. The van der Waals surface area contributed by atoms with Crippen LogP contribution in [0.4, 0.5) is 14.6 Å². The van der Waals surface area contributed by atoms with E-state index in [4.69, 9.17) is 4.74 Å². The van der Waals surface area contributed by atoms with Gasteiger partial charge in [-0.25, -0.2) is 9.97 Å². The Morgan fingerprint density at radius 3 is 2.68 bits per heavy atom. The van der Waals surface area contributed by atoms with Gasteiger partial charge < -0.3 is 10.1 Å². The molecule has 10 heteroatoms. The van der Waals surface area contributed by atoms with Crippen LogP contribution in [0.25, 0.3) is 16.9 Å². The Labute approximate surface area is 159 Å². The molecule has 1 saturated carbocycles. The second-order valence-corrected chi connectivity index (χ2v) is 6.82. The van der Waals surface area contributed by atoms with Gasteiger partial charge in [0.25, 0.3) is 11.9 Å². The summed E-state index contributed by atoms with van der Waals surface area (Å²) >= 11 is 0. The summed E-state index contributed by atoms with van der Waals surface area (Å²) in [5.41, 5.74) is 0.912. The van der Waals surface area contributed by atoms with Crippen LogP contribution in [0.5, 0.6) is 5.88 Å². The number of aromatic nitrogens is 5. The van der Waals surface area contributed by atoms with Crippen LogP contribution in [0.2, 0.25) is 0 Å². The number of carbonyl (C=O) groups is 1. The molecule has 3 aromatic rings. The first-order valence-electron chi connectivity index (χ1n) is 8.74. The van der Waals surface area contributed by atoms with Gasteiger partial charge in [-0.05, 0) is 12.8 Å². The summed E-state index contributed by atoms with van der Waals surface area (Å²) in [7, 11) is 1.35. The molecule has 1 aliphatic carbocycles. The third-order valence-electron chi connectivity index (χ3n) is 4.40. The zero-order valence-corrected chi connectivity index (χ0v) is 15.5. The maximum Gasteiger partial charge on any atom is 0.287 e. The van der Waals surface area contributed by atoms with Crippen LogP contribution >= 0.6 is 0 Å². The van der Waals surface area contributed by atoms with Crippen molar-refractivity contribution in [3.63, 3.8) is 0 Å². The number of nitrogens with one attached hydrogen (secondary N) is 1. The first-order chi connectivity index (χ1) is 13.3. The largest absolute Gasteiger partial charge is 0.481 e. The van der Waals surface area contributed by atoms with Gasteiger partial charge in [0.15, 0.2) is 0 Å². The smallest absolute Gasteiger partial charge is 0.287 e. The lowest BCUT2D eigenvalue weighted by Gasteiger charge is -2.12. The van der Waals surface area contributed by atoms with Crippen molar-refractivity contribution >= 4 is 22.6 Å². The predicted octanol–water partition coefficient (Wildman–Crippen LogP) is 3.17. The summed E-state index contributed by atoms with van der Waals surface area (Å²) in [6, 6.07) is 2.73. The van der Waals surface area contributed by atoms with E-state index in [1.807, 2.05) is 0 Å². The number of halogens is 2. The average molecular weight is 388 g/mol. The lowest BCUT2D eigenvalue weighted by atomic mass is 10.2. The number of alkyl halides is 2. The van der Waals surface area contributed by atoms with E-state index >= 15 is 0 Å². The molecule has 1 fully saturated rings. The van der Waals surface area contributed by atoms with Gasteiger partial charge in [0.2, 0.25) is 11.8 Å². The van der Waals surface area contributed by atoms with Gasteiger partial charge in [-0.15, -0.1) is 0 Å². The second-order valence-electron chi connectivity index (χ2n) is 6.82. The first-order valence-corrected chi connectivity index (χ1v) is 8.74. The average Bonchev–Trinajstić information content (AvgIpc) is 3.41. The number of anilines is 1. The Morgan fingerprint density at radius 1 is 1.32 bits per heavy atom. The van der Waals surface area contributed by atoms with Crippen molar-refractivity contribution in [3.8, 4) is 11.8 Å². The molecule has 3 heterocycles. The quantitative estimate of drug-likeness (QED) is 0.721. The lowest BCUT2D eigenvalue weighted by Crippen LogP contribution is -2.14. The molecule has 0 spiro atoms. The third kappa shape index (κ3) is 3.37. The number of hydrogen-bond donors (Lipinski definition) is 1. The molecule has 146 valence electrons. The summed E-state index contributed by atoms with van der Waals surface area (Å²) in [5.74, 6) is -2.86. The number of nitrogens with zero attached hydrogens (tertiary/aromatic N) is 5. The van der Waals surface area contributed by atoms with Gasteiger partial charge >= 0.3 is 0 Å². The molecule has 0 unspecified atom stereocenters. The van der Waals surface area contributed by atoms with Crippen LogP contribution in [-0.4, -0.2) is 37.7 Å². The van der Waals surface area contributed by atoms with Gasteiger partial charge in [-0.1, -0.05) is 0 Å². The van der Waals surface area contributed by atoms with Gasteiger partial charge in [0.1, 0.15) is 11.5 Å². The highest BCUT2D eigenvalue weighted by atomic mass is 19.3. The van der Waals surface area contributed by atoms with Gasteiger partial charge in [-0.3, -0.25) is 4.79 Å². The number of carbonyl (C=O) groups excluding carboxylic acids is 1. The molecule has 0 saturated heterocycles. The van der Waals surface area contributed by atoms with Crippen molar-refractivity contribution in [2.24, 2.45) is 0 Å². The van der Waals surface area contributed by atoms with Crippen LogP contribution in [0.3, 0.4) is 0 Å². The zero-order chi connectivity index (χ0) is 20.1. The van der Waals surface area contributed by atoms with E-state index in [9.17, 15) is 13.6 Å². The summed E-state index contributed by atoms with van der Waals surface area (Å²) in [5, 5.41) is 7.96. The molecular formula is C18H18F2N6O2. The van der Waals surface area contributed by atoms with E-state index in [-0.39, 0.29) is 23.7 Å². The van der Waals surface area contributed by atoms with Crippen molar-refractivity contribution in [2.45, 2.75) is 38.5 Å². The standard InChI is InChI=1S/C18H18F2N6O2/c1-9(27)22-14-6-12-11(8-21-14)16(10-4-5-10)25-26(12)17-23-13(18(2,19)20)7-15(24-17)28-3/h6-8,10H,4-5H2,1-3H3,(H,21,22,27). The van der Waals surface area contributed by atoms with Crippen LogP contribution in [0, 0.1) is 0 Å². The number of rotatable bonds is 5. The number of ether oxygens (including phenoxy) is 1. The molecule has 0 radical (unpaired) electrons. The molecule has 1 N–H and O–H groups in total. The number of fused-ring (bicyclic) bond motifs is 1. The molecule has 0 aromatic carbocycles. The Morgan fingerprint density at radius 2 is 2.07 bits per heavy atom. The summed E-state index contributed by atoms with van der Waals surface area (Å²) in [6.45, 7) is 2.13. The fourth-order valence-electron chi connectivity index (χ4n) is 2.93. The van der Waals surface area contributed by atoms with E-state index in [1.165, 1.54) is 18.7 Å². The summed E-state index contributed by atoms with van der Waals surface area (Å²) in [4.78, 5) is 23.8. The Kier molecular flexibility index (Phi) is 4.20. The molecule has 3 aromatic heterocycles. The monoisotopic (exact) mass is 388 g/mol. The molecule has 28 heavy (non-hydrogen) atoms. The lowest BCUT2D eigenvalue weighted by molar-refractivity contribution is -0.114. The van der Waals surface area contributed by atoms with Crippen LogP contribution in [0.1, 0.15) is 44.0 Å². The third-order valence-corrected chi connectivity index (χ3v) is 4.40. The fourth-order valence-corrected chi connectivity index (χ4v) is 2.93. The van der Waals surface area contributed by atoms with Crippen molar-refractivity contribution < 1.29 is 18.3 Å². The van der Waals surface area contributed by atoms with Crippen LogP contribution in [0.15, 0.2) is 18.3 Å². The highest BCUT2D eigenvalue weighted by molar-refractivity contribution is 5.91.